The maximum absolute atomic E-state index is 5.79. The zero-order chi connectivity index (χ0) is 12.4. The van der Waals surface area contributed by atoms with Gasteiger partial charge in [0.2, 0.25) is 0 Å². The summed E-state index contributed by atoms with van der Waals surface area (Å²) in [4.78, 5) is 4.74. The van der Waals surface area contributed by atoms with Crippen LogP contribution in [0, 0.1) is 0 Å². The van der Waals surface area contributed by atoms with E-state index in [1.54, 1.807) is 7.11 Å². The van der Waals surface area contributed by atoms with Gasteiger partial charge >= 0.3 is 0 Å². The Balaban J connectivity index is 2.17. The number of methoxy groups -OCH3 is 1. The molecule has 2 rings (SSSR count). The van der Waals surface area contributed by atoms with Gasteiger partial charge in [0.25, 0.3) is 0 Å². The molecule has 0 aromatic carbocycles. The van der Waals surface area contributed by atoms with Crippen molar-refractivity contribution < 1.29 is 4.74 Å². The Morgan fingerprint density at radius 1 is 1.53 bits per heavy atom. The summed E-state index contributed by atoms with van der Waals surface area (Å²) in [6.45, 7) is 5.32. The minimum Gasteiger partial charge on any atom is -0.490 e. The van der Waals surface area contributed by atoms with Gasteiger partial charge in [-0.3, -0.25) is 4.90 Å². The fourth-order valence-electron chi connectivity index (χ4n) is 2.25. The number of anilines is 2. The highest BCUT2D eigenvalue weighted by Gasteiger charge is 2.27. The largest absolute Gasteiger partial charge is 0.490 e. The van der Waals surface area contributed by atoms with Crippen LogP contribution in [0.4, 0.5) is 10.8 Å². The predicted molar refractivity (Wildman–Crippen MR) is 72.0 cm³/mol. The molecule has 1 saturated heterocycles. The van der Waals surface area contributed by atoms with Gasteiger partial charge < -0.3 is 15.4 Å². The van der Waals surface area contributed by atoms with Crippen molar-refractivity contribution in [1.29, 1.82) is 0 Å². The third-order valence-corrected chi connectivity index (χ3v) is 4.30. The first-order chi connectivity index (χ1) is 8.17. The van der Waals surface area contributed by atoms with Gasteiger partial charge in [-0.1, -0.05) is 6.92 Å². The molecular formula is C11H20N4OS. The second kappa shape index (κ2) is 5.10. The first-order valence-corrected chi connectivity index (χ1v) is 6.69. The van der Waals surface area contributed by atoms with Crippen LogP contribution >= 0.6 is 11.5 Å². The summed E-state index contributed by atoms with van der Waals surface area (Å²) in [5, 5.41) is 1.07. The normalized spacial score (nSPS) is 21.8. The van der Waals surface area contributed by atoms with Gasteiger partial charge in [0.15, 0.2) is 16.6 Å². The Bertz CT molecular complexity index is 382. The third-order valence-electron chi connectivity index (χ3n) is 3.40. The molecule has 6 heteroatoms. The van der Waals surface area contributed by atoms with Crippen LogP contribution in [-0.4, -0.2) is 49.1 Å². The van der Waals surface area contributed by atoms with E-state index in [0.29, 0.717) is 11.9 Å². The summed E-state index contributed by atoms with van der Waals surface area (Å²) in [5.41, 5.74) is 5.79. The Morgan fingerprint density at radius 3 is 2.94 bits per heavy atom. The van der Waals surface area contributed by atoms with Gasteiger partial charge in [-0.15, -0.1) is 0 Å². The van der Waals surface area contributed by atoms with E-state index in [9.17, 15) is 0 Å². The van der Waals surface area contributed by atoms with Crippen LogP contribution in [0.3, 0.4) is 0 Å². The van der Waals surface area contributed by atoms with Gasteiger partial charge in [-0.25, -0.2) is 0 Å². The van der Waals surface area contributed by atoms with Gasteiger partial charge in [0.05, 0.1) is 7.11 Å². The van der Waals surface area contributed by atoms with E-state index < -0.39 is 0 Å². The van der Waals surface area contributed by atoms with Gasteiger partial charge in [-0.05, 0) is 25.0 Å². The highest BCUT2D eigenvalue weighted by atomic mass is 32.1. The number of hydrogen-bond acceptors (Lipinski definition) is 6. The second-order valence-electron chi connectivity index (χ2n) is 4.39. The number of hydrogen-bond donors (Lipinski definition) is 1. The molecule has 0 amide bonds. The molecule has 17 heavy (non-hydrogen) atoms. The Kier molecular flexibility index (Phi) is 3.73. The molecule has 96 valence electrons. The number of ether oxygens (including phenoxy) is 1. The minimum absolute atomic E-state index is 0.500. The van der Waals surface area contributed by atoms with Crippen molar-refractivity contribution in [1.82, 2.24) is 9.27 Å². The van der Waals surface area contributed by atoms with Crippen molar-refractivity contribution in [3.05, 3.63) is 0 Å². The summed E-state index contributed by atoms with van der Waals surface area (Å²) < 4.78 is 9.50. The topological polar surface area (TPSA) is 54.6 Å². The fraction of sp³-hybridized carbons (Fsp3) is 0.727. The van der Waals surface area contributed by atoms with Crippen molar-refractivity contribution in [2.45, 2.75) is 19.4 Å². The summed E-state index contributed by atoms with van der Waals surface area (Å²) in [6, 6.07) is 0.594. The molecule has 1 aliphatic rings. The second-order valence-corrected chi connectivity index (χ2v) is 5.15. The van der Waals surface area contributed by atoms with E-state index in [0.717, 1.165) is 36.8 Å². The van der Waals surface area contributed by atoms with Crippen molar-refractivity contribution in [2.24, 2.45) is 0 Å². The molecule has 1 unspecified atom stereocenters. The van der Waals surface area contributed by atoms with Crippen LogP contribution in [0.15, 0.2) is 0 Å². The minimum atomic E-state index is 0.500. The SMILES string of the molecule is CCC1CN(c2snc(N)c2OC)CCN1C. The number of rotatable bonds is 3. The van der Waals surface area contributed by atoms with Gasteiger partial charge in [0, 0.05) is 25.7 Å². The molecule has 1 fully saturated rings. The van der Waals surface area contributed by atoms with Crippen LogP contribution in [0.2, 0.25) is 0 Å². The van der Waals surface area contributed by atoms with Crippen LogP contribution in [-0.2, 0) is 0 Å². The Morgan fingerprint density at radius 2 is 2.29 bits per heavy atom. The van der Waals surface area contributed by atoms with Crippen LogP contribution < -0.4 is 15.4 Å². The fourth-order valence-corrected chi connectivity index (χ4v) is 3.07. The molecule has 1 aromatic rings. The van der Waals surface area contributed by atoms with Crippen molar-refractivity contribution >= 4 is 22.4 Å². The number of aromatic nitrogens is 1. The van der Waals surface area contributed by atoms with E-state index >= 15 is 0 Å². The average Bonchev–Trinajstić information content (AvgIpc) is 2.71. The predicted octanol–water partition coefficient (Wildman–Crippen LogP) is 1.26. The van der Waals surface area contributed by atoms with Crippen molar-refractivity contribution in [3.63, 3.8) is 0 Å². The Labute approximate surface area is 106 Å². The third kappa shape index (κ3) is 2.32. The number of nitrogens with two attached hydrogens (primary N) is 1. The molecule has 2 heterocycles. The number of nitrogen functional groups attached to an aromatic ring is 1. The maximum atomic E-state index is 5.79. The van der Waals surface area contributed by atoms with Crippen molar-refractivity contribution in [2.75, 3.05) is 44.4 Å². The molecular weight excluding hydrogens is 236 g/mol. The molecule has 5 nitrogen and oxygen atoms in total. The molecule has 1 aromatic heterocycles. The monoisotopic (exact) mass is 256 g/mol. The first kappa shape index (κ1) is 12.4. The smallest absolute Gasteiger partial charge is 0.197 e. The lowest BCUT2D eigenvalue weighted by molar-refractivity contribution is 0.213. The molecule has 2 N–H and O–H groups in total. The lowest BCUT2D eigenvalue weighted by Gasteiger charge is -2.39. The van der Waals surface area contributed by atoms with Crippen molar-refractivity contribution in [3.8, 4) is 5.75 Å². The lowest BCUT2D eigenvalue weighted by atomic mass is 10.1. The van der Waals surface area contributed by atoms with Gasteiger partial charge in [0.1, 0.15) is 0 Å². The van der Waals surface area contributed by atoms with E-state index in [2.05, 4.69) is 28.1 Å². The Hall–Kier alpha value is -1.01. The zero-order valence-corrected chi connectivity index (χ0v) is 11.5. The quantitative estimate of drug-likeness (QED) is 0.882. The molecule has 0 spiro atoms. The summed E-state index contributed by atoms with van der Waals surface area (Å²) >= 11 is 1.43. The summed E-state index contributed by atoms with van der Waals surface area (Å²) in [7, 11) is 3.83. The highest BCUT2D eigenvalue weighted by molar-refractivity contribution is 7.11. The van der Waals surface area contributed by atoms with Crippen LogP contribution in [0.5, 0.6) is 5.75 Å². The molecule has 0 radical (unpaired) electrons. The number of likely N-dealkylation sites (N-methyl/N-ethyl adjacent to an activating group) is 1. The first-order valence-electron chi connectivity index (χ1n) is 5.91. The highest BCUT2D eigenvalue weighted by Crippen LogP contribution is 2.38. The zero-order valence-electron chi connectivity index (χ0n) is 10.6. The van der Waals surface area contributed by atoms with E-state index in [1.165, 1.54) is 11.5 Å². The van der Waals surface area contributed by atoms with E-state index in [1.807, 2.05) is 0 Å². The van der Waals surface area contributed by atoms with Crippen LogP contribution in [0.1, 0.15) is 13.3 Å². The summed E-state index contributed by atoms with van der Waals surface area (Å²) in [6.07, 6.45) is 1.16. The van der Waals surface area contributed by atoms with E-state index in [4.69, 9.17) is 10.5 Å². The number of piperazine rings is 1. The molecule has 0 bridgehead atoms. The van der Waals surface area contributed by atoms with Gasteiger partial charge in [-0.2, -0.15) is 4.37 Å². The molecule has 1 aliphatic heterocycles. The molecule has 0 aliphatic carbocycles. The maximum Gasteiger partial charge on any atom is 0.197 e. The van der Waals surface area contributed by atoms with E-state index in [-0.39, 0.29) is 0 Å². The molecule has 0 saturated carbocycles. The average molecular weight is 256 g/mol. The summed E-state index contributed by atoms with van der Waals surface area (Å²) in [5.74, 6) is 1.23. The molecule has 1 atom stereocenters. The van der Waals surface area contributed by atoms with Crippen LogP contribution in [0.25, 0.3) is 0 Å². The number of nitrogens with zero attached hydrogens (tertiary/aromatic N) is 3. The standard InChI is InChI=1S/C11H20N4OS/c1-4-8-7-15(6-5-14(8)2)11-9(16-3)10(12)13-17-11/h8H,4-7H2,1-3H3,(H2,12,13). The lowest BCUT2D eigenvalue weighted by Crippen LogP contribution is -2.51.